The molecule has 1 saturated carbocycles. The van der Waals surface area contributed by atoms with Crippen molar-refractivity contribution >= 4 is 15.7 Å². The Hall–Kier alpha value is -3.80. The van der Waals surface area contributed by atoms with Gasteiger partial charge in [0.2, 0.25) is 0 Å². The molecule has 0 bridgehead atoms. The summed E-state index contributed by atoms with van der Waals surface area (Å²) < 4.78 is 64.7. The summed E-state index contributed by atoms with van der Waals surface area (Å²) in [6.45, 7) is 0. The van der Waals surface area contributed by atoms with E-state index in [0.29, 0.717) is 37.3 Å². The number of nitrogens with zero attached hydrogens (tertiary/aromatic N) is 5. The molecule has 0 amide bonds. The topological polar surface area (TPSA) is 103 Å². The molecule has 0 radical (unpaired) electrons. The Balaban J connectivity index is 1.22. The SMILES string of the molecule is O=S(=O)(c1ccc(-c2ccnc(-n3nccn3)c2)cc1)C1CCC(Nc2ccc(C(F)(F)F)cn2)CC1. The Morgan fingerprint density at radius 2 is 1.54 bits per heavy atom. The van der Waals surface area contributed by atoms with E-state index in [0.717, 1.165) is 23.4 Å². The van der Waals surface area contributed by atoms with Gasteiger partial charge < -0.3 is 5.32 Å². The monoisotopic (exact) mass is 528 g/mol. The van der Waals surface area contributed by atoms with Crippen molar-refractivity contribution in [3.8, 4) is 16.9 Å². The molecule has 0 atom stereocenters. The maximum atomic E-state index is 13.3. The van der Waals surface area contributed by atoms with E-state index >= 15 is 0 Å². The van der Waals surface area contributed by atoms with E-state index in [-0.39, 0.29) is 10.9 Å². The Kier molecular flexibility index (Phi) is 6.67. The Labute approximate surface area is 211 Å². The number of alkyl halides is 3. The fourth-order valence-electron chi connectivity index (χ4n) is 4.44. The maximum Gasteiger partial charge on any atom is 0.417 e. The molecule has 192 valence electrons. The van der Waals surface area contributed by atoms with Crippen LogP contribution >= 0.6 is 0 Å². The molecule has 3 heterocycles. The standard InChI is InChI=1S/C25H23F3N6O2S/c26-25(27,28)19-3-10-23(30-16-19)33-20-4-8-22(9-5-20)37(35,36)21-6-1-17(2-7-21)18-11-12-29-24(15-18)34-31-13-14-32-34/h1-3,6-7,10-16,20,22H,4-5,8-9H2,(H,30,33). The summed E-state index contributed by atoms with van der Waals surface area (Å²) in [4.78, 5) is 9.77. The summed E-state index contributed by atoms with van der Waals surface area (Å²) >= 11 is 0. The first-order chi connectivity index (χ1) is 17.7. The molecule has 1 aliphatic rings. The lowest BCUT2D eigenvalue weighted by Gasteiger charge is -2.29. The van der Waals surface area contributed by atoms with E-state index in [4.69, 9.17) is 0 Å². The summed E-state index contributed by atoms with van der Waals surface area (Å²) in [6, 6.07) is 12.7. The van der Waals surface area contributed by atoms with Crippen LogP contribution in [-0.2, 0) is 16.0 Å². The average molecular weight is 529 g/mol. The van der Waals surface area contributed by atoms with Gasteiger partial charge in [0.15, 0.2) is 15.7 Å². The van der Waals surface area contributed by atoms with Crippen molar-refractivity contribution < 1.29 is 21.6 Å². The fourth-order valence-corrected chi connectivity index (χ4v) is 6.24. The largest absolute Gasteiger partial charge is 0.417 e. The fraction of sp³-hybridized carbons (Fsp3) is 0.280. The molecule has 1 fully saturated rings. The first-order valence-corrected chi connectivity index (χ1v) is 13.2. The highest BCUT2D eigenvalue weighted by Crippen LogP contribution is 2.32. The summed E-state index contributed by atoms with van der Waals surface area (Å²) in [5.41, 5.74) is 0.888. The maximum absolute atomic E-state index is 13.3. The predicted molar refractivity (Wildman–Crippen MR) is 131 cm³/mol. The van der Waals surface area contributed by atoms with Gasteiger partial charge in [-0.25, -0.2) is 18.4 Å². The van der Waals surface area contributed by atoms with Gasteiger partial charge in [0.1, 0.15) is 5.82 Å². The molecular formula is C25H23F3N6O2S. The normalized spacial score (nSPS) is 18.5. The van der Waals surface area contributed by atoms with E-state index in [1.165, 1.54) is 10.9 Å². The quantitative estimate of drug-likeness (QED) is 0.378. The van der Waals surface area contributed by atoms with Crippen LogP contribution in [0.1, 0.15) is 31.2 Å². The zero-order chi connectivity index (χ0) is 26.0. The third-order valence-electron chi connectivity index (χ3n) is 6.44. The van der Waals surface area contributed by atoms with Gasteiger partial charge in [-0.1, -0.05) is 12.1 Å². The molecule has 1 N–H and O–H groups in total. The summed E-state index contributed by atoms with van der Waals surface area (Å²) in [6.07, 6.45) is 3.17. The average Bonchev–Trinajstić information content (AvgIpc) is 3.44. The number of hydrogen-bond acceptors (Lipinski definition) is 7. The van der Waals surface area contributed by atoms with Gasteiger partial charge in [-0.15, -0.1) is 4.80 Å². The second kappa shape index (κ2) is 9.92. The molecule has 0 aliphatic heterocycles. The van der Waals surface area contributed by atoms with Crippen molar-refractivity contribution in [3.05, 3.63) is 78.9 Å². The molecule has 12 heteroatoms. The van der Waals surface area contributed by atoms with Gasteiger partial charge in [-0.3, -0.25) is 0 Å². The number of rotatable bonds is 6. The van der Waals surface area contributed by atoms with Crippen molar-refractivity contribution in [2.75, 3.05) is 5.32 Å². The van der Waals surface area contributed by atoms with Crippen molar-refractivity contribution in [1.82, 2.24) is 25.0 Å². The zero-order valence-electron chi connectivity index (χ0n) is 19.5. The Bertz CT molecular complexity index is 1450. The van der Waals surface area contributed by atoms with Crippen LogP contribution in [-0.4, -0.2) is 44.7 Å². The molecular weight excluding hydrogens is 505 g/mol. The van der Waals surface area contributed by atoms with Crippen LogP contribution in [0.5, 0.6) is 0 Å². The van der Waals surface area contributed by atoms with Crippen LogP contribution in [0.2, 0.25) is 0 Å². The van der Waals surface area contributed by atoms with Crippen molar-refractivity contribution in [2.24, 2.45) is 0 Å². The summed E-state index contributed by atoms with van der Waals surface area (Å²) in [7, 11) is -3.53. The molecule has 37 heavy (non-hydrogen) atoms. The van der Waals surface area contributed by atoms with Gasteiger partial charge in [0.25, 0.3) is 0 Å². The van der Waals surface area contributed by atoms with Crippen LogP contribution in [0, 0.1) is 0 Å². The zero-order valence-corrected chi connectivity index (χ0v) is 20.3. The second-order valence-electron chi connectivity index (χ2n) is 8.84. The Morgan fingerprint density at radius 3 is 2.16 bits per heavy atom. The second-order valence-corrected chi connectivity index (χ2v) is 11.1. The third-order valence-corrected chi connectivity index (χ3v) is 8.72. The highest BCUT2D eigenvalue weighted by molar-refractivity contribution is 7.92. The van der Waals surface area contributed by atoms with Crippen LogP contribution in [0.3, 0.4) is 0 Å². The summed E-state index contributed by atoms with van der Waals surface area (Å²) in [5.74, 6) is 0.897. The molecule has 3 aromatic heterocycles. The molecule has 5 rings (SSSR count). The van der Waals surface area contributed by atoms with Crippen molar-refractivity contribution in [3.63, 3.8) is 0 Å². The van der Waals surface area contributed by atoms with Gasteiger partial charge >= 0.3 is 6.18 Å². The number of pyridine rings is 2. The lowest BCUT2D eigenvalue weighted by molar-refractivity contribution is -0.137. The van der Waals surface area contributed by atoms with E-state index in [9.17, 15) is 21.6 Å². The minimum absolute atomic E-state index is 0.0526. The van der Waals surface area contributed by atoms with Crippen molar-refractivity contribution in [1.29, 1.82) is 0 Å². The smallest absolute Gasteiger partial charge is 0.367 e. The number of halogens is 3. The minimum Gasteiger partial charge on any atom is -0.367 e. The van der Waals surface area contributed by atoms with E-state index in [1.54, 1.807) is 42.9 Å². The molecule has 0 saturated heterocycles. The lowest BCUT2D eigenvalue weighted by Crippen LogP contribution is -2.33. The lowest BCUT2D eigenvalue weighted by atomic mass is 9.95. The molecule has 0 unspecified atom stereocenters. The highest BCUT2D eigenvalue weighted by atomic mass is 32.2. The predicted octanol–water partition coefficient (Wildman–Crippen LogP) is 4.94. The van der Waals surface area contributed by atoms with Gasteiger partial charge in [-0.2, -0.15) is 23.4 Å². The molecule has 0 spiro atoms. The molecule has 1 aliphatic carbocycles. The highest BCUT2D eigenvalue weighted by Gasteiger charge is 2.33. The number of nitrogens with one attached hydrogen (secondary N) is 1. The van der Waals surface area contributed by atoms with Gasteiger partial charge in [0.05, 0.1) is 28.1 Å². The molecule has 1 aromatic carbocycles. The summed E-state index contributed by atoms with van der Waals surface area (Å²) in [5, 5.41) is 10.8. The number of benzene rings is 1. The van der Waals surface area contributed by atoms with E-state index in [1.807, 2.05) is 12.1 Å². The molecule has 8 nitrogen and oxygen atoms in total. The number of anilines is 1. The van der Waals surface area contributed by atoms with Gasteiger partial charge in [-0.05, 0) is 73.2 Å². The number of sulfone groups is 1. The van der Waals surface area contributed by atoms with Crippen LogP contribution in [0.25, 0.3) is 16.9 Å². The van der Waals surface area contributed by atoms with E-state index in [2.05, 4.69) is 25.5 Å². The first-order valence-electron chi connectivity index (χ1n) is 11.7. The van der Waals surface area contributed by atoms with Crippen LogP contribution < -0.4 is 5.32 Å². The first kappa shape index (κ1) is 24.9. The van der Waals surface area contributed by atoms with Crippen LogP contribution in [0.15, 0.2) is 78.2 Å². The molecule has 4 aromatic rings. The Morgan fingerprint density at radius 1 is 0.838 bits per heavy atom. The van der Waals surface area contributed by atoms with Gasteiger partial charge in [0, 0.05) is 18.4 Å². The minimum atomic E-state index is -4.44. The van der Waals surface area contributed by atoms with Crippen LogP contribution in [0.4, 0.5) is 19.0 Å². The number of hydrogen-bond donors (Lipinski definition) is 1. The van der Waals surface area contributed by atoms with E-state index < -0.39 is 26.8 Å². The van der Waals surface area contributed by atoms with Crippen molar-refractivity contribution in [2.45, 2.75) is 48.0 Å². The number of aromatic nitrogens is 5. The third kappa shape index (κ3) is 5.48.